The third-order valence-electron chi connectivity index (χ3n) is 5.26. The smallest absolute Gasteiger partial charge is 0.272 e. The van der Waals surface area contributed by atoms with Crippen molar-refractivity contribution in [3.05, 3.63) is 71.7 Å². The van der Waals surface area contributed by atoms with E-state index in [-0.39, 0.29) is 11.7 Å². The van der Waals surface area contributed by atoms with Crippen LogP contribution < -0.4 is 4.90 Å². The first-order valence-electron chi connectivity index (χ1n) is 9.43. The van der Waals surface area contributed by atoms with Crippen molar-refractivity contribution >= 4 is 11.6 Å². The third kappa shape index (κ3) is 3.50. The Labute approximate surface area is 164 Å². The number of aromatic nitrogens is 2. The molecule has 1 saturated heterocycles. The van der Waals surface area contributed by atoms with Crippen LogP contribution in [0.3, 0.4) is 0 Å². The van der Waals surface area contributed by atoms with Crippen LogP contribution in [0.25, 0.3) is 11.3 Å². The van der Waals surface area contributed by atoms with Gasteiger partial charge in [-0.05, 0) is 48.9 Å². The number of para-hydroxylation sites is 1. The second-order valence-electron chi connectivity index (χ2n) is 7.11. The molecule has 1 aromatic heterocycles. The second kappa shape index (κ2) is 7.46. The first-order valence-corrected chi connectivity index (χ1v) is 9.43. The summed E-state index contributed by atoms with van der Waals surface area (Å²) in [5.74, 6) is -0.310. The predicted molar refractivity (Wildman–Crippen MR) is 108 cm³/mol. The van der Waals surface area contributed by atoms with Gasteiger partial charge in [0.05, 0.1) is 5.69 Å². The Morgan fingerprint density at radius 2 is 1.68 bits per heavy atom. The quantitative estimate of drug-likeness (QED) is 0.701. The summed E-state index contributed by atoms with van der Waals surface area (Å²) in [7, 11) is 1.77. The van der Waals surface area contributed by atoms with Gasteiger partial charge in [0.15, 0.2) is 0 Å². The highest BCUT2D eigenvalue weighted by molar-refractivity contribution is 5.94. The molecule has 0 radical (unpaired) electrons. The highest BCUT2D eigenvalue weighted by Crippen LogP contribution is 2.23. The number of carbonyl (C=O) groups excluding carboxylic acids is 1. The molecule has 2 aromatic carbocycles. The third-order valence-corrected chi connectivity index (χ3v) is 5.26. The molecular formula is C22H23FN4O. The molecule has 0 spiro atoms. The van der Waals surface area contributed by atoms with E-state index in [0.29, 0.717) is 24.5 Å². The summed E-state index contributed by atoms with van der Waals surface area (Å²) < 4.78 is 14.8. The van der Waals surface area contributed by atoms with Gasteiger partial charge in [0.2, 0.25) is 0 Å². The van der Waals surface area contributed by atoms with Gasteiger partial charge < -0.3 is 9.80 Å². The predicted octanol–water partition coefficient (Wildman–Crippen LogP) is 3.50. The molecule has 0 atom stereocenters. The summed E-state index contributed by atoms with van der Waals surface area (Å²) >= 11 is 0. The van der Waals surface area contributed by atoms with Gasteiger partial charge in [-0.2, -0.15) is 5.10 Å². The van der Waals surface area contributed by atoms with Crippen molar-refractivity contribution in [2.24, 2.45) is 7.05 Å². The van der Waals surface area contributed by atoms with Gasteiger partial charge in [-0.3, -0.25) is 9.48 Å². The van der Waals surface area contributed by atoms with Crippen molar-refractivity contribution in [3.63, 3.8) is 0 Å². The maximum Gasteiger partial charge on any atom is 0.272 e. The average Bonchev–Trinajstić information content (AvgIpc) is 3.10. The molecule has 0 bridgehead atoms. The molecule has 5 nitrogen and oxygen atoms in total. The highest BCUT2D eigenvalue weighted by Gasteiger charge is 2.25. The molecule has 144 valence electrons. The van der Waals surface area contributed by atoms with E-state index in [1.807, 2.05) is 17.0 Å². The topological polar surface area (TPSA) is 41.4 Å². The van der Waals surface area contributed by atoms with E-state index >= 15 is 0 Å². The van der Waals surface area contributed by atoms with Crippen LogP contribution in [0.15, 0.2) is 54.6 Å². The highest BCUT2D eigenvalue weighted by atomic mass is 19.1. The number of rotatable bonds is 3. The molecule has 4 rings (SSSR count). The first kappa shape index (κ1) is 18.2. The molecule has 0 N–H and O–H groups in total. The van der Waals surface area contributed by atoms with Crippen LogP contribution in [-0.4, -0.2) is 46.8 Å². The van der Waals surface area contributed by atoms with Crippen molar-refractivity contribution < 1.29 is 9.18 Å². The van der Waals surface area contributed by atoms with E-state index in [4.69, 9.17) is 0 Å². The first-order chi connectivity index (χ1) is 13.5. The number of amides is 1. The number of carbonyl (C=O) groups is 1. The van der Waals surface area contributed by atoms with Crippen molar-refractivity contribution in [2.75, 3.05) is 31.1 Å². The molecule has 1 aliphatic rings. The van der Waals surface area contributed by atoms with Crippen molar-refractivity contribution in [2.45, 2.75) is 6.92 Å². The van der Waals surface area contributed by atoms with Crippen LogP contribution in [0.1, 0.15) is 16.1 Å². The molecule has 0 saturated carbocycles. The van der Waals surface area contributed by atoms with Gasteiger partial charge in [0.25, 0.3) is 5.91 Å². The normalized spacial score (nSPS) is 14.4. The fourth-order valence-corrected chi connectivity index (χ4v) is 3.66. The Kier molecular flexibility index (Phi) is 4.86. The van der Waals surface area contributed by atoms with Gasteiger partial charge in [-0.15, -0.1) is 0 Å². The van der Waals surface area contributed by atoms with E-state index in [1.165, 1.54) is 23.4 Å². The molecule has 1 aliphatic heterocycles. The summed E-state index contributed by atoms with van der Waals surface area (Å²) in [5, 5.41) is 4.44. The summed E-state index contributed by atoms with van der Waals surface area (Å²) in [5.41, 5.74) is 4.49. The van der Waals surface area contributed by atoms with Gasteiger partial charge in [-0.25, -0.2) is 4.39 Å². The number of anilines is 1. The maximum atomic E-state index is 13.1. The molecule has 1 amide bonds. The summed E-state index contributed by atoms with van der Waals surface area (Å²) in [6.07, 6.45) is 0. The number of halogens is 1. The molecule has 28 heavy (non-hydrogen) atoms. The Balaban J connectivity index is 1.47. The average molecular weight is 378 g/mol. The van der Waals surface area contributed by atoms with Gasteiger partial charge in [0, 0.05) is 44.5 Å². The van der Waals surface area contributed by atoms with Crippen LogP contribution in [-0.2, 0) is 7.05 Å². The van der Waals surface area contributed by atoms with E-state index in [1.54, 1.807) is 29.9 Å². The van der Waals surface area contributed by atoms with Crippen LogP contribution in [0.5, 0.6) is 0 Å². The standard InChI is InChI=1S/C22H23FN4O/c1-16-5-3-4-6-20(16)26-11-13-27(14-12-26)22(28)21-15-19(24-25(21)2)17-7-9-18(23)10-8-17/h3-10,15H,11-14H2,1-2H3. The number of aryl methyl sites for hydroxylation is 2. The van der Waals surface area contributed by atoms with Crippen LogP contribution in [0.2, 0.25) is 0 Å². The number of hydrogen-bond acceptors (Lipinski definition) is 3. The van der Waals surface area contributed by atoms with Gasteiger partial charge >= 0.3 is 0 Å². The van der Waals surface area contributed by atoms with E-state index in [0.717, 1.165) is 18.7 Å². The number of nitrogens with zero attached hydrogens (tertiary/aromatic N) is 4. The lowest BCUT2D eigenvalue weighted by molar-refractivity contribution is 0.0735. The summed E-state index contributed by atoms with van der Waals surface area (Å²) in [4.78, 5) is 17.2. The maximum absolute atomic E-state index is 13.1. The minimum absolute atomic E-state index is 0.0206. The molecule has 1 fully saturated rings. The SMILES string of the molecule is Cc1ccccc1N1CCN(C(=O)c2cc(-c3ccc(F)cc3)nn2C)CC1. The molecule has 0 aliphatic carbocycles. The Bertz CT molecular complexity index is 988. The van der Waals surface area contributed by atoms with Crippen LogP contribution in [0.4, 0.5) is 10.1 Å². The van der Waals surface area contributed by atoms with Crippen LogP contribution in [0, 0.1) is 12.7 Å². The minimum Gasteiger partial charge on any atom is -0.368 e. The lowest BCUT2D eigenvalue weighted by atomic mass is 10.1. The molecular weight excluding hydrogens is 355 g/mol. The zero-order valence-corrected chi connectivity index (χ0v) is 16.1. The molecule has 2 heterocycles. The zero-order valence-electron chi connectivity index (χ0n) is 16.1. The van der Waals surface area contributed by atoms with E-state index in [9.17, 15) is 9.18 Å². The lowest BCUT2D eigenvalue weighted by Gasteiger charge is -2.36. The Hall–Kier alpha value is -3.15. The zero-order chi connectivity index (χ0) is 19.7. The number of piperazine rings is 1. The van der Waals surface area contributed by atoms with Crippen molar-refractivity contribution in [3.8, 4) is 11.3 Å². The second-order valence-corrected chi connectivity index (χ2v) is 7.11. The van der Waals surface area contributed by atoms with Crippen molar-refractivity contribution in [1.82, 2.24) is 14.7 Å². The van der Waals surface area contributed by atoms with Gasteiger partial charge in [0.1, 0.15) is 11.5 Å². The Morgan fingerprint density at radius 3 is 2.36 bits per heavy atom. The van der Waals surface area contributed by atoms with Crippen LogP contribution >= 0.6 is 0 Å². The molecule has 3 aromatic rings. The van der Waals surface area contributed by atoms with E-state index in [2.05, 4.69) is 29.1 Å². The number of benzene rings is 2. The molecule has 6 heteroatoms. The minimum atomic E-state index is -0.289. The summed E-state index contributed by atoms with van der Waals surface area (Å²) in [6, 6.07) is 16.3. The van der Waals surface area contributed by atoms with Gasteiger partial charge in [-0.1, -0.05) is 18.2 Å². The Morgan fingerprint density at radius 1 is 1.00 bits per heavy atom. The van der Waals surface area contributed by atoms with Crippen molar-refractivity contribution in [1.29, 1.82) is 0 Å². The fraction of sp³-hybridized carbons (Fsp3) is 0.273. The largest absolute Gasteiger partial charge is 0.368 e. The van der Waals surface area contributed by atoms with E-state index < -0.39 is 0 Å². The lowest BCUT2D eigenvalue weighted by Crippen LogP contribution is -2.49. The molecule has 0 unspecified atom stereocenters. The summed E-state index contributed by atoms with van der Waals surface area (Å²) in [6.45, 7) is 5.06. The monoisotopic (exact) mass is 378 g/mol. The number of hydrogen-bond donors (Lipinski definition) is 0. The fourth-order valence-electron chi connectivity index (χ4n) is 3.66.